The van der Waals surface area contributed by atoms with Crippen molar-refractivity contribution in [3.8, 4) is 11.5 Å². The topological polar surface area (TPSA) is 120 Å². The fourth-order valence-electron chi connectivity index (χ4n) is 2.31. The number of rotatable bonds is 7. The molecular weight excluding hydrogens is 416 g/mol. The summed E-state index contributed by atoms with van der Waals surface area (Å²) in [6.07, 6.45) is 0. The van der Waals surface area contributed by atoms with Gasteiger partial charge >= 0.3 is 0 Å². The minimum atomic E-state index is -4.03. The quantitative estimate of drug-likeness (QED) is 0.549. The first-order chi connectivity index (χ1) is 13.8. The molecule has 0 unspecified atom stereocenters. The molecule has 1 aromatic heterocycles. The van der Waals surface area contributed by atoms with Gasteiger partial charge in [0, 0.05) is 11.6 Å². The number of benzene rings is 2. The number of anilines is 2. The Hall–Kier alpha value is -3.18. The lowest BCUT2D eigenvalue weighted by Gasteiger charge is -2.11. The highest BCUT2D eigenvalue weighted by molar-refractivity contribution is 7.94. The molecule has 0 bridgehead atoms. The summed E-state index contributed by atoms with van der Waals surface area (Å²) in [5, 5.41) is 10.0. The van der Waals surface area contributed by atoms with E-state index in [1.807, 2.05) is 6.92 Å². The van der Waals surface area contributed by atoms with Crippen LogP contribution in [0.15, 0.2) is 46.8 Å². The lowest BCUT2D eigenvalue weighted by molar-refractivity contribution is 0.102. The van der Waals surface area contributed by atoms with Gasteiger partial charge in [0.05, 0.1) is 19.9 Å². The van der Waals surface area contributed by atoms with E-state index in [0.29, 0.717) is 11.3 Å². The van der Waals surface area contributed by atoms with Crippen molar-refractivity contribution in [2.75, 3.05) is 24.3 Å². The van der Waals surface area contributed by atoms with Crippen molar-refractivity contribution < 1.29 is 22.7 Å². The fourth-order valence-corrected chi connectivity index (χ4v) is 4.28. The zero-order valence-electron chi connectivity index (χ0n) is 15.8. The number of aryl methyl sites for hydroxylation is 1. The Kier molecular flexibility index (Phi) is 5.99. The number of amides is 1. The smallest absolute Gasteiger partial charge is 0.291 e. The molecule has 0 aliphatic rings. The largest absolute Gasteiger partial charge is 0.497 e. The molecule has 0 radical (unpaired) electrons. The molecule has 1 heterocycles. The highest BCUT2D eigenvalue weighted by Gasteiger charge is 2.23. The van der Waals surface area contributed by atoms with Gasteiger partial charge in [0.15, 0.2) is 0 Å². The fraction of sp³-hybridized carbons (Fsp3) is 0.167. The van der Waals surface area contributed by atoms with Gasteiger partial charge in [-0.1, -0.05) is 29.0 Å². The lowest BCUT2D eigenvalue weighted by Crippen LogP contribution is -2.13. The average Bonchev–Trinajstić information content (AvgIpc) is 3.18. The van der Waals surface area contributed by atoms with E-state index in [0.717, 1.165) is 16.9 Å². The summed E-state index contributed by atoms with van der Waals surface area (Å²) in [5.74, 6) is 0.391. The van der Waals surface area contributed by atoms with Crippen LogP contribution >= 0.6 is 11.3 Å². The van der Waals surface area contributed by atoms with Gasteiger partial charge in [-0.2, -0.15) is 8.42 Å². The number of methoxy groups -OCH3 is 2. The Labute approximate surface area is 171 Å². The van der Waals surface area contributed by atoms with Crippen LogP contribution in [0.1, 0.15) is 15.9 Å². The molecule has 2 N–H and O–H groups in total. The van der Waals surface area contributed by atoms with E-state index in [2.05, 4.69) is 20.2 Å². The van der Waals surface area contributed by atoms with Crippen molar-refractivity contribution in [1.29, 1.82) is 0 Å². The maximum absolute atomic E-state index is 12.6. The number of nitrogens with zero attached hydrogens (tertiary/aromatic N) is 2. The van der Waals surface area contributed by atoms with Crippen molar-refractivity contribution in [2.45, 2.75) is 11.3 Å². The number of nitrogens with one attached hydrogen (secondary N) is 2. The number of carbonyl (C=O) groups excluding carboxylic acids is 1. The molecule has 1 amide bonds. The molecule has 3 rings (SSSR count). The summed E-state index contributed by atoms with van der Waals surface area (Å²) in [4.78, 5) is 12.3. The maximum atomic E-state index is 12.6. The SMILES string of the molecule is COc1ccc(NS(=O)(=O)c2nnc(NC(=O)c3ccc(C)cc3)s2)c(OC)c1. The van der Waals surface area contributed by atoms with Crippen LogP contribution in [0.5, 0.6) is 11.5 Å². The van der Waals surface area contributed by atoms with Crippen LogP contribution in [0.25, 0.3) is 0 Å². The van der Waals surface area contributed by atoms with Crippen molar-refractivity contribution in [3.05, 3.63) is 53.6 Å². The van der Waals surface area contributed by atoms with Crippen LogP contribution < -0.4 is 19.5 Å². The number of hydrogen-bond acceptors (Lipinski definition) is 8. The summed E-state index contributed by atoms with van der Waals surface area (Å²) < 4.78 is 37.6. The molecule has 11 heteroatoms. The number of carbonyl (C=O) groups is 1. The van der Waals surface area contributed by atoms with E-state index < -0.39 is 15.9 Å². The predicted molar refractivity (Wildman–Crippen MR) is 109 cm³/mol. The molecule has 0 saturated carbocycles. The van der Waals surface area contributed by atoms with Crippen LogP contribution in [0.4, 0.5) is 10.8 Å². The molecular formula is C18H18N4O5S2. The third-order valence-electron chi connectivity index (χ3n) is 3.82. The van der Waals surface area contributed by atoms with E-state index >= 15 is 0 Å². The summed E-state index contributed by atoms with van der Waals surface area (Å²) in [5.41, 5.74) is 1.66. The van der Waals surface area contributed by atoms with E-state index in [9.17, 15) is 13.2 Å². The molecule has 29 heavy (non-hydrogen) atoms. The first-order valence-electron chi connectivity index (χ1n) is 8.29. The van der Waals surface area contributed by atoms with Crippen LogP contribution in [-0.2, 0) is 10.0 Å². The standard InChI is InChI=1S/C18H18N4O5S2/c1-11-4-6-12(7-5-11)16(23)19-17-20-21-18(28-17)29(24,25)22-14-9-8-13(26-2)10-15(14)27-3/h4-10,22H,1-3H3,(H,19,20,23). The zero-order valence-corrected chi connectivity index (χ0v) is 17.4. The minimum absolute atomic E-state index is 0.0673. The number of hydrogen-bond donors (Lipinski definition) is 2. The molecule has 0 aliphatic heterocycles. The Morgan fingerprint density at radius 2 is 1.76 bits per heavy atom. The van der Waals surface area contributed by atoms with Crippen molar-refractivity contribution in [1.82, 2.24) is 10.2 Å². The second-order valence-electron chi connectivity index (χ2n) is 5.86. The van der Waals surface area contributed by atoms with Crippen molar-refractivity contribution >= 4 is 38.1 Å². The van der Waals surface area contributed by atoms with E-state index in [-0.39, 0.29) is 20.9 Å². The van der Waals surface area contributed by atoms with Crippen molar-refractivity contribution in [2.24, 2.45) is 0 Å². The first kappa shape index (κ1) is 20.6. The van der Waals surface area contributed by atoms with Crippen LogP contribution in [-0.4, -0.2) is 38.7 Å². The van der Waals surface area contributed by atoms with Gasteiger partial charge in [-0.05, 0) is 31.2 Å². The third kappa shape index (κ3) is 4.81. The molecule has 0 fully saturated rings. The lowest BCUT2D eigenvalue weighted by atomic mass is 10.1. The second-order valence-corrected chi connectivity index (χ2v) is 8.70. The average molecular weight is 434 g/mol. The highest BCUT2D eigenvalue weighted by atomic mass is 32.2. The Balaban J connectivity index is 1.76. The second kappa shape index (κ2) is 8.45. The summed E-state index contributed by atoms with van der Waals surface area (Å²) >= 11 is 0.736. The summed E-state index contributed by atoms with van der Waals surface area (Å²) in [7, 11) is -1.12. The molecule has 2 aromatic carbocycles. The van der Waals surface area contributed by atoms with Crippen LogP contribution in [0.2, 0.25) is 0 Å². The molecule has 0 atom stereocenters. The third-order valence-corrected chi connectivity index (χ3v) is 6.40. The number of ether oxygens (including phenoxy) is 2. The molecule has 0 aliphatic carbocycles. The maximum Gasteiger partial charge on any atom is 0.291 e. The predicted octanol–water partition coefficient (Wildman–Crippen LogP) is 2.92. The van der Waals surface area contributed by atoms with Crippen LogP contribution in [0, 0.1) is 6.92 Å². The van der Waals surface area contributed by atoms with Gasteiger partial charge < -0.3 is 9.47 Å². The van der Waals surface area contributed by atoms with Gasteiger partial charge in [0.1, 0.15) is 11.5 Å². The number of aromatic nitrogens is 2. The molecule has 152 valence electrons. The monoisotopic (exact) mass is 434 g/mol. The van der Waals surface area contributed by atoms with E-state index in [1.54, 1.807) is 36.4 Å². The Morgan fingerprint density at radius 1 is 1.03 bits per heavy atom. The minimum Gasteiger partial charge on any atom is -0.497 e. The highest BCUT2D eigenvalue weighted by Crippen LogP contribution is 2.31. The van der Waals surface area contributed by atoms with Gasteiger partial charge in [0.2, 0.25) is 5.13 Å². The first-order valence-corrected chi connectivity index (χ1v) is 10.6. The van der Waals surface area contributed by atoms with E-state index in [1.165, 1.54) is 20.3 Å². The normalized spacial score (nSPS) is 11.0. The molecule has 0 spiro atoms. The Morgan fingerprint density at radius 3 is 2.41 bits per heavy atom. The molecule has 3 aromatic rings. The Bertz CT molecular complexity index is 1130. The van der Waals surface area contributed by atoms with Crippen molar-refractivity contribution in [3.63, 3.8) is 0 Å². The van der Waals surface area contributed by atoms with Gasteiger partial charge in [-0.15, -0.1) is 10.2 Å². The summed E-state index contributed by atoms with van der Waals surface area (Å²) in [6, 6.07) is 11.6. The van der Waals surface area contributed by atoms with Crippen LogP contribution in [0.3, 0.4) is 0 Å². The number of sulfonamides is 1. The molecule has 0 saturated heterocycles. The zero-order chi connectivity index (χ0) is 21.0. The van der Waals surface area contributed by atoms with Gasteiger partial charge in [-0.25, -0.2) is 0 Å². The van der Waals surface area contributed by atoms with Gasteiger partial charge in [0.25, 0.3) is 20.3 Å². The van der Waals surface area contributed by atoms with Gasteiger partial charge in [-0.3, -0.25) is 14.8 Å². The molecule has 9 nitrogen and oxygen atoms in total. The van der Waals surface area contributed by atoms with E-state index in [4.69, 9.17) is 9.47 Å². The summed E-state index contributed by atoms with van der Waals surface area (Å²) in [6.45, 7) is 1.91.